The van der Waals surface area contributed by atoms with E-state index in [9.17, 15) is 0 Å². The van der Waals surface area contributed by atoms with Crippen molar-refractivity contribution in [3.63, 3.8) is 0 Å². The van der Waals surface area contributed by atoms with E-state index in [0.717, 1.165) is 30.0 Å². The van der Waals surface area contributed by atoms with E-state index in [1.807, 2.05) is 48.5 Å². The maximum Gasteiger partial charge on any atom is 0.137 e. The van der Waals surface area contributed by atoms with Gasteiger partial charge in [-0.25, -0.2) is 4.98 Å². The number of hydrogen-bond donors (Lipinski definition) is 0. The molecular weight excluding hydrogens is 286 g/mol. The Morgan fingerprint density at radius 3 is 2.62 bits per heavy atom. The Bertz CT molecular complexity index is 699. The molecule has 1 heterocycles. The van der Waals surface area contributed by atoms with Crippen LogP contribution in [0.3, 0.4) is 0 Å². The van der Waals surface area contributed by atoms with Crippen LogP contribution in [0.25, 0.3) is 0 Å². The number of ether oxygens (including phenoxy) is 1. The molecule has 0 spiro atoms. The van der Waals surface area contributed by atoms with Crippen LogP contribution in [-0.2, 0) is 13.0 Å². The molecule has 1 aromatic heterocycles. The molecule has 0 amide bonds. The van der Waals surface area contributed by atoms with Gasteiger partial charge in [-0.15, -0.1) is 0 Å². The normalized spacial score (nSPS) is 10.5. The summed E-state index contributed by atoms with van der Waals surface area (Å²) in [4.78, 5) is 3.92. The monoisotopic (exact) mass is 299 g/mol. The molecule has 3 rings (SSSR count). The summed E-state index contributed by atoms with van der Waals surface area (Å²) in [5.74, 6) is 1.53. The fourth-order valence-electron chi connectivity index (χ4n) is 2.00. The van der Waals surface area contributed by atoms with Crippen LogP contribution in [0.4, 0.5) is 0 Å². The van der Waals surface area contributed by atoms with Crippen molar-refractivity contribution in [3.05, 3.63) is 71.8 Å². The maximum atomic E-state index is 6.31. The first-order valence-corrected chi connectivity index (χ1v) is 7.03. The predicted octanol–water partition coefficient (Wildman–Crippen LogP) is 3.97. The zero-order valence-corrected chi connectivity index (χ0v) is 12.1. The molecule has 21 heavy (non-hydrogen) atoms. The Morgan fingerprint density at radius 1 is 1.05 bits per heavy atom. The van der Waals surface area contributed by atoms with E-state index in [-0.39, 0.29) is 0 Å². The van der Waals surface area contributed by atoms with E-state index in [0.29, 0.717) is 5.02 Å². The first kappa shape index (κ1) is 13.6. The van der Waals surface area contributed by atoms with E-state index < -0.39 is 0 Å². The summed E-state index contributed by atoms with van der Waals surface area (Å²) in [6.45, 7) is 0.749. The van der Waals surface area contributed by atoms with Crippen LogP contribution in [0.15, 0.2) is 61.2 Å². The summed E-state index contributed by atoms with van der Waals surface area (Å²) in [6, 6.07) is 15.4. The second-order valence-corrected chi connectivity index (χ2v) is 4.98. The predicted molar refractivity (Wildman–Crippen MR) is 81.7 cm³/mol. The number of aryl methyl sites for hydroxylation is 2. The molecule has 0 radical (unpaired) electrons. The average molecular weight is 300 g/mol. The van der Waals surface area contributed by atoms with Gasteiger partial charge in [-0.1, -0.05) is 35.9 Å². The highest BCUT2D eigenvalue weighted by molar-refractivity contribution is 6.31. The van der Waals surface area contributed by atoms with Gasteiger partial charge in [0, 0.05) is 11.6 Å². The van der Waals surface area contributed by atoms with Crippen molar-refractivity contribution in [2.75, 3.05) is 0 Å². The second-order valence-electron chi connectivity index (χ2n) is 4.58. The molecule has 0 N–H and O–H groups in total. The highest BCUT2D eigenvalue weighted by Gasteiger charge is 2.04. The average Bonchev–Trinajstić information content (AvgIpc) is 3.01. The summed E-state index contributed by atoms with van der Waals surface area (Å²) in [5, 5.41) is 4.77. The van der Waals surface area contributed by atoms with Gasteiger partial charge < -0.3 is 4.74 Å². The quantitative estimate of drug-likeness (QED) is 0.716. The molecule has 3 aromatic rings. The van der Waals surface area contributed by atoms with Crippen molar-refractivity contribution in [1.82, 2.24) is 14.8 Å². The van der Waals surface area contributed by atoms with Crippen molar-refractivity contribution in [2.45, 2.75) is 13.0 Å². The molecular formula is C16H14ClN3O. The van der Waals surface area contributed by atoms with Gasteiger partial charge in [0.15, 0.2) is 0 Å². The third-order valence-electron chi connectivity index (χ3n) is 3.08. The number of para-hydroxylation sites is 1. The van der Waals surface area contributed by atoms with Gasteiger partial charge in [0.25, 0.3) is 0 Å². The van der Waals surface area contributed by atoms with Gasteiger partial charge >= 0.3 is 0 Å². The minimum absolute atomic E-state index is 0.698. The van der Waals surface area contributed by atoms with Crippen molar-refractivity contribution >= 4 is 11.6 Å². The third-order valence-corrected chi connectivity index (χ3v) is 3.43. The van der Waals surface area contributed by atoms with E-state index in [1.54, 1.807) is 11.0 Å². The SMILES string of the molecule is Clc1cc(Oc2ccccc2)ccc1CCn1cncn1. The van der Waals surface area contributed by atoms with Crippen LogP contribution in [0.1, 0.15) is 5.56 Å². The lowest BCUT2D eigenvalue weighted by atomic mass is 10.1. The molecule has 0 bridgehead atoms. The molecule has 0 fully saturated rings. The van der Waals surface area contributed by atoms with E-state index in [2.05, 4.69) is 10.1 Å². The van der Waals surface area contributed by atoms with Gasteiger partial charge in [0.1, 0.15) is 24.2 Å². The number of rotatable bonds is 5. The van der Waals surface area contributed by atoms with Crippen LogP contribution in [0.2, 0.25) is 5.02 Å². The number of benzene rings is 2. The molecule has 0 saturated carbocycles. The molecule has 0 saturated heterocycles. The standard InChI is InChI=1S/C16H14ClN3O/c17-16-10-15(21-14-4-2-1-3-5-14)7-6-13(16)8-9-20-12-18-11-19-20/h1-7,10-12H,8-9H2. The van der Waals surface area contributed by atoms with Gasteiger partial charge in [-0.3, -0.25) is 4.68 Å². The van der Waals surface area contributed by atoms with Crippen molar-refractivity contribution < 1.29 is 4.74 Å². The van der Waals surface area contributed by atoms with Crippen molar-refractivity contribution in [3.8, 4) is 11.5 Å². The second kappa shape index (κ2) is 6.41. The lowest BCUT2D eigenvalue weighted by Crippen LogP contribution is -2.02. The summed E-state index contributed by atoms with van der Waals surface area (Å²) in [5.41, 5.74) is 1.06. The fourth-order valence-corrected chi connectivity index (χ4v) is 2.27. The molecule has 0 unspecified atom stereocenters. The topological polar surface area (TPSA) is 39.9 Å². The Morgan fingerprint density at radius 2 is 1.90 bits per heavy atom. The van der Waals surface area contributed by atoms with Gasteiger partial charge in [-0.05, 0) is 36.2 Å². The van der Waals surface area contributed by atoms with Crippen LogP contribution in [0, 0.1) is 0 Å². The smallest absolute Gasteiger partial charge is 0.137 e. The zero-order chi connectivity index (χ0) is 14.5. The molecule has 4 nitrogen and oxygen atoms in total. The molecule has 0 aliphatic rings. The highest BCUT2D eigenvalue weighted by atomic mass is 35.5. The minimum atomic E-state index is 0.698. The molecule has 0 aliphatic carbocycles. The Kier molecular flexibility index (Phi) is 4.17. The lowest BCUT2D eigenvalue weighted by molar-refractivity contribution is 0.482. The Labute approximate surface area is 128 Å². The van der Waals surface area contributed by atoms with Crippen LogP contribution >= 0.6 is 11.6 Å². The van der Waals surface area contributed by atoms with Gasteiger partial charge in [0.2, 0.25) is 0 Å². The lowest BCUT2D eigenvalue weighted by Gasteiger charge is -2.09. The molecule has 106 valence electrons. The van der Waals surface area contributed by atoms with E-state index in [1.165, 1.54) is 6.33 Å². The van der Waals surface area contributed by atoms with E-state index in [4.69, 9.17) is 16.3 Å². The summed E-state index contributed by atoms with van der Waals surface area (Å²) in [7, 11) is 0. The largest absolute Gasteiger partial charge is 0.457 e. The number of hydrogen-bond acceptors (Lipinski definition) is 3. The number of halogens is 1. The summed E-state index contributed by atoms with van der Waals surface area (Å²) >= 11 is 6.31. The Balaban J connectivity index is 1.68. The van der Waals surface area contributed by atoms with Crippen LogP contribution in [0.5, 0.6) is 11.5 Å². The fraction of sp³-hybridized carbons (Fsp3) is 0.125. The number of nitrogens with zero attached hydrogens (tertiary/aromatic N) is 3. The number of aromatic nitrogens is 3. The van der Waals surface area contributed by atoms with Crippen LogP contribution in [-0.4, -0.2) is 14.8 Å². The summed E-state index contributed by atoms with van der Waals surface area (Å²) < 4.78 is 7.54. The minimum Gasteiger partial charge on any atom is -0.457 e. The van der Waals surface area contributed by atoms with Gasteiger partial charge in [0.05, 0.1) is 0 Å². The maximum absolute atomic E-state index is 6.31. The van der Waals surface area contributed by atoms with Gasteiger partial charge in [-0.2, -0.15) is 5.10 Å². The van der Waals surface area contributed by atoms with Crippen molar-refractivity contribution in [1.29, 1.82) is 0 Å². The first-order valence-electron chi connectivity index (χ1n) is 6.65. The van der Waals surface area contributed by atoms with Crippen LogP contribution < -0.4 is 4.74 Å². The highest BCUT2D eigenvalue weighted by Crippen LogP contribution is 2.27. The molecule has 5 heteroatoms. The van der Waals surface area contributed by atoms with Crippen molar-refractivity contribution in [2.24, 2.45) is 0 Å². The molecule has 2 aromatic carbocycles. The third kappa shape index (κ3) is 3.61. The molecule has 0 atom stereocenters. The Hall–Kier alpha value is -2.33. The van der Waals surface area contributed by atoms with E-state index >= 15 is 0 Å². The molecule has 0 aliphatic heterocycles. The first-order chi connectivity index (χ1) is 10.3. The zero-order valence-electron chi connectivity index (χ0n) is 11.3. The summed E-state index contributed by atoms with van der Waals surface area (Å²) in [6.07, 6.45) is 4.02.